The predicted molar refractivity (Wildman–Crippen MR) is 68.0 cm³/mol. The van der Waals surface area contributed by atoms with Crippen LogP contribution in [0.25, 0.3) is 0 Å². The maximum atomic E-state index is 4.19. The van der Waals surface area contributed by atoms with Crippen molar-refractivity contribution >= 4 is 5.82 Å². The monoisotopic (exact) mass is 232 g/mol. The minimum absolute atomic E-state index is 0.777. The van der Waals surface area contributed by atoms with Crippen LogP contribution in [-0.4, -0.2) is 35.9 Å². The molecule has 1 unspecified atom stereocenters. The molecule has 0 aliphatic carbocycles. The van der Waals surface area contributed by atoms with Crippen molar-refractivity contribution in [2.45, 2.75) is 31.7 Å². The molecule has 0 spiro atoms. The van der Waals surface area contributed by atoms with E-state index in [1.807, 2.05) is 6.07 Å². The van der Waals surface area contributed by atoms with Gasteiger partial charge in [0, 0.05) is 25.3 Å². The van der Waals surface area contributed by atoms with Gasteiger partial charge in [0.1, 0.15) is 0 Å². The first-order chi connectivity index (χ1) is 8.43. The van der Waals surface area contributed by atoms with Gasteiger partial charge in [0.2, 0.25) is 0 Å². The summed E-state index contributed by atoms with van der Waals surface area (Å²) in [5.74, 6) is 1.90. The fourth-order valence-electron chi connectivity index (χ4n) is 3.11. The highest BCUT2D eigenvalue weighted by Gasteiger charge is 2.28. The van der Waals surface area contributed by atoms with Crippen LogP contribution in [0.1, 0.15) is 25.7 Å². The minimum Gasteiger partial charge on any atom is -0.355 e. The molecule has 17 heavy (non-hydrogen) atoms. The molecule has 4 nitrogen and oxygen atoms in total. The number of anilines is 1. The molecule has 1 atom stereocenters. The van der Waals surface area contributed by atoms with Crippen LogP contribution in [0.5, 0.6) is 0 Å². The van der Waals surface area contributed by atoms with E-state index in [4.69, 9.17) is 0 Å². The first kappa shape index (κ1) is 11.0. The third kappa shape index (κ3) is 2.41. The molecule has 0 bridgehead atoms. The standard InChI is InChI=1S/C13H20N4/c1-3-12(14-7-1)11-5-9-17(10-6-11)13-4-2-8-15-16-13/h2,4,8,11-12,14H,1,3,5-7,9-10H2. The van der Waals surface area contributed by atoms with Gasteiger partial charge in [-0.05, 0) is 50.3 Å². The van der Waals surface area contributed by atoms with E-state index in [-0.39, 0.29) is 0 Å². The van der Waals surface area contributed by atoms with Crippen molar-refractivity contribution in [3.63, 3.8) is 0 Å². The van der Waals surface area contributed by atoms with E-state index in [1.165, 1.54) is 32.2 Å². The fourth-order valence-corrected chi connectivity index (χ4v) is 3.11. The molecule has 2 aliphatic rings. The molecule has 2 aliphatic heterocycles. The Morgan fingerprint density at radius 3 is 2.76 bits per heavy atom. The van der Waals surface area contributed by atoms with Crippen molar-refractivity contribution in [2.24, 2.45) is 5.92 Å². The van der Waals surface area contributed by atoms with Gasteiger partial charge in [0.05, 0.1) is 0 Å². The smallest absolute Gasteiger partial charge is 0.151 e. The second-order valence-corrected chi connectivity index (χ2v) is 5.11. The molecule has 0 saturated carbocycles. The Bertz CT molecular complexity index is 340. The third-order valence-electron chi connectivity index (χ3n) is 4.09. The molecule has 4 heteroatoms. The number of rotatable bonds is 2. The molecule has 2 saturated heterocycles. The van der Waals surface area contributed by atoms with Gasteiger partial charge in [-0.1, -0.05) is 0 Å². The Balaban J connectivity index is 1.57. The van der Waals surface area contributed by atoms with Crippen LogP contribution in [0.4, 0.5) is 5.82 Å². The van der Waals surface area contributed by atoms with Gasteiger partial charge >= 0.3 is 0 Å². The summed E-state index contributed by atoms with van der Waals surface area (Å²) in [6, 6.07) is 4.80. The van der Waals surface area contributed by atoms with Crippen molar-refractivity contribution in [3.8, 4) is 0 Å². The summed E-state index contributed by atoms with van der Waals surface area (Å²) in [6.07, 6.45) is 7.03. The summed E-state index contributed by atoms with van der Waals surface area (Å²) >= 11 is 0. The van der Waals surface area contributed by atoms with Crippen LogP contribution in [0.15, 0.2) is 18.3 Å². The average Bonchev–Trinajstić information content (AvgIpc) is 2.94. The van der Waals surface area contributed by atoms with Crippen molar-refractivity contribution in [1.82, 2.24) is 15.5 Å². The van der Waals surface area contributed by atoms with Gasteiger partial charge in [-0.2, -0.15) is 5.10 Å². The van der Waals surface area contributed by atoms with E-state index >= 15 is 0 Å². The molecule has 0 amide bonds. The van der Waals surface area contributed by atoms with Gasteiger partial charge < -0.3 is 10.2 Å². The van der Waals surface area contributed by atoms with Crippen LogP contribution in [0.3, 0.4) is 0 Å². The number of nitrogens with one attached hydrogen (secondary N) is 1. The lowest BCUT2D eigenvalue weighted by Crippen LogP contribution is -2.41. The van der Waals surface area contributed by atoms with Crippen molar-refractivity contribution < 1.29 is 0 Å². The van der Waals surface area contributed by atoms with E-state index in [9.17, 15) is 0 Å². The van der Waals surface area contributed by atoms with Gasteiger partial charge in [0.25, 0.3) is 0 Å². The SMILES string of the molecule is c1cnnc(N2CCC(C3CCCN3)CC2)c1. The summed E-state index contributed by atoms with van der Waals surface area (Å²) in [4.78, 5) is 2.36. The molecule has 2 fully saturated rings. The molecule has 92 valence electrons. The van der Waals surface area contributed by atoms with Crippen LogP contribution in [-0.2, 0) is 0 Å². The first-order valence-electron chi connectivity index (χ1n) is 6.69. The second-order valence-electron chi connectivity index (χ2n) is 5.11. The molecule has 0 radical (unpaired) electrons. The number of hydrogen-bond donors (Lipinski definition) is 1. The lowest BCUT2D eigenvalue weighted by Gasteiger charge is -2.35. The average molecular weight is 232 g/mol. The highest BCUT2D eigenvalue weighted by molar-refractivity contribution is 5.36. The fraction of sp³-hybridized carbons (Fsp3) is 0.692. The zero-order valence-corrected chi connectivity index (χ0v) is 10.2. The zero-order valence-electron chi connectivity index (χ0n) is 10.2. The maximum absolute atomic E-state index is 4.19. The number of piperidine rings is 1. The molecule has 3 heterocycles. The highest BCUT2D eigenvalue weighted by Crippen LogP contribution is 2.27. The molecular formula is C13H20N4. The Kier molecular flexibility index (Phi) is 3.22. The summed E-state index contributed by atoms with van der Waals surface area (Å²) < 4.78 is 0. The number of aromatic nitrogens is 2. The summed E-state index contributed by atoms with van der Waals surface area (Å²) in [5, 5.41) is 11.8. The Morgan fingerprint density at radius 2 is 2.12 bits per heavy atom. The van der Waals surface area contributed by atoms with Crippen LogP contribution >= 0.6 is 0 Å². The van der Waals surface area contributed by atoms with Gasteiger partial charge in [-0.3, -0.25) is 0 Å². The molecule has 3 rings (SSSR count). The summed E-state index contributed by atoms with van der Waals surface area (Å²) in [6.45, 7) is 3.47. The van der Waals surface area contributed by atoms with E-state index in [0.717, 1.165) is 30.9 Å². The van der Waals surface area contributed by atoms with Gasteiger partial charge in [-0.15, -0.1) is 5.10 Å². The van der Waals surface area contributed by atoms with Crippen molar-refractivity contribution in [1.29, 1.82) is 0 Å². The quantitative estimate of drug-likeness (QED) is 0.838. The lowest BCUT2D eigenvalue weighted by atomic mass is 9.88. The first-order valence-corrected chi connectivity index (χ1v) is 6.69. The molecule has 1 aromatic rings. The van der Waals surface area contributed by atoms with Crippen molar-refractivity contribution in [2.75, 3.05) is 24.5 Å². The highest BCUT2D eigenvalue weighted by atomic mass is 15.3. The maximum Gasteiger partial charge on any atom is 0.151 e. The van der Waals surface area contributed by atoms with E-state index < -0.39 is 0 Å². The third-order valence-corrected chi connectivity index (χ3v) is 4.09. The summed E-state index contributed by atoms with van der Waals surface area (Å²) in [5.41, 5.74) is 0. The predicted octanol–water partition coefficient (Wildman–Crippen LogP) is 1.44. The second kappa shape index (κ2) is 5.00. The zero-order chi connectivity index (χ0) is 11.5. The topological polar surface area (TPSA) is 41.1 Å². The largest absolute Gasteiger partial charge is 0.355 e. The normalized spacial score (nSPS) is 26.4. The van der Waals surface area contributed by atoms with Crippen molar-refractivity contribution in [3.05, 3.63) is 18.3 Å². The van der Waals surface area contributed by atoms with E-state index in [0.29, 0.717) is 0 Å². The number of nitrogens with zero attached hydrogens (tertiary/aromatic N) is 3. The minimum atomic E-state index is 0.777. The Hall–Kier alpha value is -1.16. The van der Waals surface area contributed by atoms with Crippen LogP contribution < -0.4 is 10.2 Å². The summed E-state index contributed by atoms with van der Waals surface area (Å²) in [7, 11) is 0. The lowest BCUT2D eigenvalue weighted by molar-refractivity contribution is 0.318. The Morgan fingerprint density at radius 1 is 1.24 bits per heavy atom. The van der Waals surface area contributed by atoms with Gasteiger partial charge in [-0.25, -0.2) is 0 Å². The van der Waals surface area contributed by atoms with E-state index in [1.54, 1.807) is 6.20 Å². The Labute approximate surface area is 102 Å². The van der Waals surface area contributed by atoms with Crippen LogP contribution in [0.2, 0.25) is 0 Å². The van der Waals surface area contributed by atoms with Crippen LogP contribution in [0, 0.1) is 5.92 Å². The molecule has 1 aromatic heterocycles. The molecule has 0 aromatic carbocycles. The molecular weight excluding hydrogens is 212 g/mol. The molecule has 1 N–H and O–H groups in total. The van der Waals surface area contributed by atoms with E-state index in [2.05, 4.69) is 26.5 Å². The van der Waals surface area contributed by atoms with Gasteiger partial charge in [0.15, 0.2) is 5.82 Å². The number of hydrogen-bond acceptors (Lipinski definition) is 4.